The van der Waals surface area contributed by atoms with Gasteiger partial charge >= 0.3 is 0 Å². The standard InChI is InChI=1S/C19H20N4O2S/c1-24-16-8-9-17(18(10-16)25-2)22-19(26)21-15-11-20-23(13-15)12-14-6-4-3-5-7-14/h3-11,13H,12H2,1-2H3,(H2,21,22,26). The summed E-state index contributed by atoms with van der Waals surface area (Å²) in [6.45, 7) is 0.703. The maximum atomic E-state index is 5.38. The minimum atomic E-state index is 0.452. The summed E-state index contributed by atoms with van der Waals surface area (Å²) in [5, 5.41) is 11.1. The first kappa shape index (κ1) is 17.8. The molecule has 134 valence electrons. The van der Waals surface area contributed by atoms with E-state index in [-0.39, 0.29) is 0 Å². The summed E-state index contributed by atoms with van der Waals surface area (Å²) >= 11 is 5.38. The van der Waals surface area contributed by atoms with Crippen LogP contribution in [0, 0.1) is 0 Å². The zero-order valence-corrected chi connectivity index (χ0v) is 15.4. The number of nitrogens with one attached hydrogen (secondary N) is 2. The molecule has 1 aromatic heterocycles. The van der Waals surface area contributed by atoms with Gasteiger partial charge in [0.1, 0.15) is 11.5 Å². The van der Waals surface area contributed by atoms with Crippen LogP contribution < -0.4 is 20.1 Å². The first-order chi connectivity index (χ1) is 12.7. The molecule has 0 saturated heterocycles. The van der Waals surface area contributed by atoms with E-state index in [1.165, 1.54) is 5.56 Å². The number of rotatable bonds is 6. The summed E-state index contributed by atoms with van der Waals surface area (Å²) in [5.74, 6) is 1.36. The molecule has 26 heavy (non-hydrogen) atoms. The van der Waals surface area contributed by atoms with Gasteiger partial charge in [0.2, 0.25) is 0 Å². The lowest BCUT2D eigenvalue weighted by Gasteiger charge is -2.13. The summed E-state index contributed by atoms with van der Waals surface area (Å²) in [7, 11) is 3.21. The third kappa shape index (κ3) is 4.52. The van der Waals surface area contributed by atoms with Crippen molar-refractivity contribution < 1.29 is 9.47 Å². The molecule has 0 aliphatic rings. The molecule has 6 nitrogen and oxygen atoms in total. The Hall–Kier alpha value is -3.06. The smallest absolute Gasteiger partial charge is 0.175 e. The van der Waals surface area contributed by atoms with E-state index in [0.717, 1.165) is 11.4 Å². The molecule has 0 aliphatic carbocycles. The molecule has 0 saturated carbocycles. The Labute approximate surface area is 157 Å². The summed E-state index contributed by atoms with van der Waals surface area (Å²) in [5.41, 5.74) is 2.75. The molecule has 3 rings (SSSR count). The highest BCUT2D eigenvalue weighted by molar-refractivity contribution is 7.80. The van der Waals surface area contributed by atoms with Crippen LogP contribution >= 0.6 is 12.2 Å². The van der Waals surface area contributed by atoms with E-state index in [4.69, 9.17) is 21.7 Å². The van der Waals surface area contributed by atoms with Gasteiger partial charge in [0.25, 0.3) is 0 Å². The fourth-order valence-electron chi connectivity index (χ4n) is 2.47. The molecular formula is C19H20N4O2S. The van der Waals surface area contributed by atoms with Gasteiger partial charge in [0.15, 0.2) is 5.11 Å². The predicted octanol–water partition coefficient (Wildman–Crippen LogP) is 3.76. The van der Waals surface area contributed by atoms with Crippen molar-refractivity contribution in [2.24, 2.45) is 0 Å². The fourth-order valence-corrected chi connectivity index (χ4v) is 2.70. The van der Waals surface area contributed by atoms with Crippen LogP contribution in [0.5, 0.6) is 11.5 Å². The SMILES string of the molecule is COc1ccc(NC(=S)Nc2cnn(Cc3ccccc3)c2)c(OC)c1. The molecule has 3 aromatic rings. The van der Waals surface area contributed by atoms with Crippen LogP contribution in [0.15, 0.2) is 60.9 Å². The van der Waals surface area contributed by atoms with E-state index in [1.54, 1.807) is 26.5 Å². The van der Waals surface area contributed by atoms with Crippen LogP contribution in [0.25, 0.3) is 0 Å². The first-order valence-corrected chi connectivity index (χ1v) is 8.45. The zero-order chi connectivity index (χ0) is 18.4. The second-order valence-corrected chi connectivity index (χ2v) is 5.97. The minimum Gasteiger partial charge on any atom is -0.497 e. The van der Waals surface area contributed by atoms with Crippen molar-refractivity contribution in [3.63, 3.8) is 0 Å². The van der Waals surface area contributed by atoms with Crippen molar-refractivity contribution in [1.82, 2.24) is 9.78 Å². The van der Waals surface area contributed by atoms with Crippen LogP contribution in [0.1, 0.15) is 5.56 Å². The highest BCUT2D eigenvalue weighted by Gasteiger charge is 2.08. The molecule has 0 aliphatic heterocycles. The molecule has 1 heterocycles. The van der Waals surface area contributed by atoms with Gasteiger partial charge in [-0.3, -0.25) is 4.68 Å². The molecule has 0 atom stereocenters. The van der Waals surface area contributed by atoms with E-state index < -0.39 is 0 Å². The van der Waals surface area contributed by atoms with Crippen LogP contribution in [0.3, 0.4) is 0 Å². The Morgan fingerprint density at radius 3 is 2.62 bits per heavy atom. The number of benzene rings is 2. The quantitative estimate of drug-likeness (QED) is 0.646. The number of hydrogen-bond acceptors (Lipinski definition) is 4. The maximum absolute atomic E-state index is 5.38. The van der Waals surface area contributed by atoms with Crippen LogP contribution in [-0.2, 0) is 6.54 Å². The van der Waals surface area contributed by atoms with Gasteiger partial charge in [0, 0.05) is 12.3 Å². The Morgan fingerprint density at radius 2 is 1.88 bits per heavy atom. The Bertz CT molecular complexity index is 880. The lowest BCUT2D eigenvalue weighted by Crippen LogP contribution is -2.19. The molecule has 0 spiro atoms. The van der Waals surface area contributed by atoms with E-state index >= 15 is 0 Å². The van der Waals surface area contributed by atoms with Gasteiger partial charge in [-0.1, -0.05) is 30.3 Å². The third-order valence-electron chi connectivity index (χ3n) is 3.74. The number of nitrogens with zero attached hydrogens (tertiary/aromatic N) is 2. The van der Waals surface area contributed by atoms with Crippen LogP contribution in [0.2, 0.25) is 0 Å². The monoisotopic (exact) mass is 368 g/mol. The number of ether oxygens (including phenoxy) is 2. The lowest BCUT2D eigenvalue weighted by atomic mass is 10.2. The highest BCUT2D eigenvalue weighted by atomic mass is 32.1. The van der Waals surface area contributed by atoms with Crippen LogP contribution in [0.4, 0.5) is 11.4 Å². The fraction of sp³-hybridized carbons (Fsp3) is 0.158. The molecule has 0 unspecified atom stereocenters. The molecule has 0 radical (unpaired) electrons. The second-order valence-electron chi connectivity index (χ2n) is 5.56. The van der Waals surface area contributed by atoms with Gasteiger partial charge in [0.05, 0.1) is 38.3 Å². The summed E-state index contributed by atoms with van der Waals surface area (Å²) in [4.78, 5) is 0. The van der Waals surface area contributed by atoms with E-state index in [2.05, 4.69) is 27.9 Å². The summed E-state index contributed by atoms with van der Waals surface area (Å²) in [6, 6.07) is 15.6. The average molecular weight is 368 g/mol. The minimum absolute atomic E-state index is 0.452. The first-order valence-electron chi connectivity index (χ1n) is 8.04. The molecule has 0 bridgehead atoms. The molecule has 2 aromatic carbocycles. The lowest BCUT2D eigenvalue weighted by molar-refractivity contribution is 0.395. The van der Waals surface area contributed by atoms with Gasteiger partial charge < -0.3 is 20.1 Å². The Kier molecular flexibility index (Phi) is 5.70. The van der Waals surface area contributed by atoms with Crippen molar-refractivity contribution in [2.75, 3.05) is 24.9 Å². The molecule has 0 amide bonds. The van der Waals surface area contributed by atoms with Crippen molar-refractivity contribution in [1.29, 1.82) is 0 Å². The number of thiocarbonyl (C=S) groups is 1. The maximum Gasteiger partial charge on any atom is 0.175 e. The molecule has 0 fully saturated rings. The van der Waals surface area contributed by atoms with E-state index in [1.807, 2.05) is 41.2 Å². The highest BCUT2D eigenvalue weighted by Crippen LogP contribution is 2.29. The zero-order valence-electron chi connectivity index (χ0n) is 14.6. The van der Waals surface area contributed by atoms with E-state index in [0.29, 0.717) is 23.2 Å². The summed E-state index contributed by atoms with van der Waals surface area (Å²) in [6.07, 6.45) is 3.65. The normalized spacial score (nSPS) is 10.2. The topological polar surface area (TPSA) is 60.3 Å². The van der Waals surface area contributed by atoms with Crippen LogP contribution in [-0.4, -0.2) is 29.1 Å². The van der Waals surface area contributed by atoms with Gasteiger partial charge in [-0.2, -0.15) is 5.10 Å². The van der Waals surface area contributed by atoms with Crippen molar-refractivity contribution in [3.8, 4) is 11.5 Å². The van der Waals surface area contributed by atoms with E-state index in [9.17, 15) is 0 Å². The van der Waals surface area contributed by atoms with Gasteiger partial charge in [-0.15, -0.1) is 0 Å². The van der Waals surface area contributed by atoms with Crippen molar-refractivity contribution in [2.45, 2.75) is 6.54 Å². The Balaban J connectivity index is 1.62. The predicted molar refractivity (Wildman–Crippen MR) is 107 cm³/mol. The second kappa shape index (κ2) is 8.35. The molecule has 2 N–H and O–H groups in total. The average Bonchev–Trinajstić information content (AvgIpc) is 3.09. The van der Waals surface area contributed by atoms with Crippen molar-refractivity contribution in [3.05, 3.63) is 66.5 Å². The van der Waals surface area contributed by atoms with Gasteiger partial charge in [-0.25, -0.2) is 0 Å². The number of aromatic nitrogens is 2. The third-order valence-corrected chi connectivity index (χ3v) is 3.94. The number of anilines is 2. The Morgan fingerprint density at radius 1 is 1.08 bits per heavy atom. The largest absolute Gasteiger partial charge is 0.497 e. The number of hydrogen-bond donors (Lipinski definition) is 2. The molecule has 7 heteroatoms. The number of methoxy groups -OCH3 is 2. The van der Waals surface area contributed by atoms with Gasteiger partial charge in [-0.05, 0) is 29.9 Å². The molecular weight excluding hydrogens is 348 g/mol. The van der Waals surface area contributed by atoms with Crippen molar-refractivity contribution >= 4 is 28.7 Å². The summed E-state index contributed by atoms with van der Waals surface area (Å²) < 4.78 is 12.4.